The van der Waals surface area contributed by atoms with E-state index < -0.39 is 0 Å². The molecule has 0 nitrogen and oxygen atoms in total. The van der Waals surface area contributed by atoms with Crippen LogP contribution in [0.3, 0.4) is 0 Å². The van der Waals surface area contributed by atoms with Crippen LogP contribution in [0.5, 0.6) is 0 Å². The Morgan fingerprint density at radius 3 is 2.20 bits per heavy atom. The molecule has 3 atom stereocenters. The summed E-state index contributed by atoms with van der Waals surface area (Å²) in [6.45, 7) is 9.25. The molecule has 0 saturated heterocycles. The van der Waals surface area contributed by atoms with Crippen molar-refractivity contribution in [2.75, 3.05) is 0 Å². The van der Waals surface area contributed by atoms with Gasteiger partial charge in [0, 0.05) is 0 Å². The zero-order valence-electron chi connectivity index (χ0n) is 7.52. The van der Waals surface area contributed by atoms with Crippen molar-refractivity contribution in [1.29, 1.82) is 0 Å². The SMILES string of the molecule is CCC1C(C)=CC(C)C1C. The maximum atomic E-state index is 2.43. The maximum Gasteiger partial charge on any atom is -0.0177 e. The summed E-state index contributed by atoms with van der Waals surface area (Å²) in [6, 6.07) is 0. The Labute approximate surface area is 64.3 Å². The van der Waals surface area contributed by atoms with E-state index >= 15 is 0 Å². The minimum atomic E-state index is 0.810. The molecule has 0 saturated carbocycles. The lowest BCUT2D eigenvalue weighted by atomic mass is 9.87. The molecule has 0 fully saturated rings. The highest BCUT2D eigenvalue weighted by Crippen LogP contribution is 2.37. The number of hydrogen-bond acceptors (Lipinski definition) is 0. The van der Waals surface area contributed by atoms with Gasteiger partial charge in [-0.2, -0.15) is 0 Å². The van der Waals surface area contributed by atoms with E-state index in [4.69, 9.17) is 0 Å². The molecule has 0 bridgehead atoms. The number of hydrogen-bond donors (Lipinski definition) is 0. The van der Waals surface area contributed by atoms with Gasteiger partial charge in [0.25, 0.3) is 0 Å². The fourth-order valence-electron chi connectivity index (χ4n) is 2.16. The van der Waals surface area contributed by atoms with Crippen molar-refractivity contribution < 1.29 is 0 Å². The van der Waals surface area contributed by atoms with Gasteiger partial charge in [-0.15, -0.1) is 0 Å². The highest BCUT2D eigenvalue weighted by molar-refractivity contribution is 5.14. The molecule has 0 aliphatic heterocycles. The van der Waals surface area contributed by atoms with Crippen LogP contribution in [-0.2, 0) is 0 Å². The first-order chi connectivity index (χ1) is 4.66. The van der Waals surface area contributed by atoms with E-state index in [1.54, 1.807) is 5.57 Å². The van der Waals surface area contributed by atoms with Gasteiger partial charge in [0.2, 0.25) is 0 Å². The fraction of sp³-hybridized carbons (Fsp3) is 0.800. The van der Waals surface area contributed by atoms with Crippen LogP contribution in [0.15, 0.2) is 11.6 Å². The average Bonchev–Trinajstić information content (AvgIpc) is 2.09. The Bertz CT molecular complexity index is 144. The monoisotopic (exact) mass is 138 g/mol. The second-order valence-electron chi connectivity index (χ2n) is 3.64. The quantitative estimate of drug-likeness (QED) is 0.488. The van der Waals surface area contributed by atoms with Crippen LogP contribution in [0, 0.1) is 17.8 Å². The average molecular weight is 138 g/mol. The third kappa shape index (κ3) is 1.12. The van der Waals surface area contributed by atoms with Gasteiger partial charge in [-0.05, 0) is 31.1 Å². The van der Waals surface area contributed by atoms with Crippen molar-refractivity contribution in [3.63, 3.8) is 0 Å². The van der Waals surface area contributed by atoms with Crippen molar-refractivity contribution in [1.82, 2.24) is 0 Å². The molecular formula is C10H18. The first kappa shape index (κ1) is 7.84. The molecule has 0 amide bonds. The maximum absolute atomic E-state index is 2.43. The van der Waals surface area contributed by atoms with Crippen LogP contribution in [0.4, 0.5) is 0 Å². The first-order valence-electron chi connectivity index (χ1n) is 4.35. The Hall–Kier alpha value is -0.260. The molecular weight excluding hydrogens is 120 g/mol. The third-order valence-electron chi connectivity index (χ3n) is 3.01. The van der Waals surface area contributed by atoms with E-state index in [1.807, 2.05) is 0 Å². The van der Waals surface area contributed by atoms with Crippen molar-refractivity contribution in [3.05, 3.63) is 11.6 Å². The van der Waals surface area contributed by atoms with Gasteiger partial charge in [0.1, 0.15) is 0 Å². The predicted molar refractivity (Wildman–Crippen MR) is 45.9 cm³/mol. The first-order valence-corrected chi connectivity index (χ1v) is 4.35. The van der Waals surface area contributed by atoms with Crippen LogP contribution >= 0.6 is 0 Å². The second-order valence-corrected chi connectivity index (χ2v) is 3.64. The summed E-state index contributed by atoms with van der Waals surface area (Å²) in [5.74, 6) is 2.56. The van der Waals surface area contributed by atoms with Crippen molar-refractivity contribution in [2.45, 2.75) is 34.1 Å². The zero-order valence-corrected chi connectivity index (χ0v) is 7.52. The summed E-state index contributed by atoms with van der Waals surface area (Å²) < 4.78 is 0. The van der Waals surface area contributed by atoms with Crippen LogP contribution in [-0.4, -0.2) is 0 Å². The minimum absolute atomic E-state index is 0.810. The molecule has 1 aliphatic carbocycles. The Balaban J connectivity index is 2.68. The lowest BCUT2D eigenvalue weighted by molar-refractivity contribution is 0.366. The molecule has 3 unspecified atom stereocenters. The van der Waals surface area contributed by atoms with Gasteiger partial charge in [0.05, 0.1) is 0 Å². The molecule has 0 heterocycles. The molecule has 1 rings (SSSR count). The van der Waals surface area contributed by atoms with Crippen molar-refractivity contribution in [2.24, 2.45) is 17.8 Å². The van der Waals surface area contributed by atoms with E-state index in [0.717, 1.165) is 17.8 Å². The largest absolute Gasteiger partial charge is 0.0822 e. The van der Waals surface area contributed by atoms with E-state index in [9.17, 15) is 0 Å². The second kappa shape index (κ2) is 2.77. The molecule has 0 heteroatoms. The Morgan fingerprint density at radius 2 is 2.00 bits per heavy atom. The van der Waals surface area contributed by atoms with Crippen LogP contribution in [0.1, 0.15) is 34.1 Å². The molecule has 58 valence electrons. The van der Waals surface area contributed by atoms with Gasteiger partial charge in [-0.25, -0.2) is 0 Å². The lowest BCUT2D eigenvalue weighted by Crippen LogP contribution is -2.10. The fourth-order valence-corrected chi connectivity index (χ4v) is 2.16. The Morgan fingerprint density at radius 1 is 1.40 bits per heavy atom. The molecule has 0 radical (unpaired) electrons. The summed E-state index contributed by atoms with van der Waals surface area (Å²) in [4.78, 5) is 0. The number of rotatable bonds is 1. The Kier molecular flexibility index (Phi) is 2.18. The normalized spacial score (nSPS) is 40.0. The van der Waals surface area contributed by atoms with E-state index in [0.29, 0.717) is 0 Å². The molecule has 0 aromatic heterocycles. The summed E-state index contributed by atoms with van der Waals surface area (Å²) in [6.07, 6.45) is 3.74. The minimum Gasteiger partial charge on any atom is -0.0822 e. The van der Waals surface area contributed by atoms with Gasteiger partial charge < -0.3 is 0 Å². The summed E-state index contributed by atoms with van der Waals surface area (Å²) in [5.41, 5.74) is 1.61. The molecule has 0 N–H and O–H groups in total. The molecule has 0 spiro atoms. The highest BCUT2D eigenvalue weighted by atomic mass is 14.3. The van der Waals surface area contributed by atoms with Crippen LogP contribution < -0.4 is 0 Å². The van der Waals surface area contributed by atoms with Gasteiger partial charge in [-0.1, -0.05) is 32.4 Å². The number of allylic oxidation sites excluding steroid dienone is 2. The topological polar surface area (TPSA) is 0 Å². The van der Waals surface area contributed by atoms with Crippen LogP contribution in [0.25, 0.3) is 0 Å². The predicted octanol–water partition coefficient (Wildman–Crippen LogP) is 3.24. The standard InChI is InChI=1S/C10H18/c1-5-10-8(3)6-7(2)9(10)4/h6-7,9-10H,5H2,1-4H3. The summed E-state index contributed by atoms with van der Waals surface area (Å²) >= 11 is 0. The lowest BCUT2D eigenvalue weighted by Gasteiger charge is -2.18. The van der Waals surface area contributed by atoms with E-state index in [1.165, 1.54) is 6.42 Å². The van der Waals surface area contributed by atoms with E-state index in [-0.39, 0.29) is 0 Å². The van der Waals surface area contributed by atoms with Gasteiger partial charge >= 0.3 is 0 Å². The molecule has 10 heavy (non-hydrogen) atoms. The smallest absolute Gasteiger partial charge is 0.0177 e. The summed E-state index contributed by atoms with van der Waals surface area (Å²) in [5, 5.41) is 0. The van der Waals surface area contributed by atoms with Gasteiger partial charge in [-0.3, -0.25) is 0 Å². The van der Waals surface area contributed by atoms with Crippen LogP contribution in [0.2, 0.25) is 0 Å². The highest BCUT2D eigenvalue weighted by Gasteiger charge is 2.27. The van der Waals surface area contributed by atoms with Crippen molar-refractivity contribution >= 4 is 0 Å². The summed E-state index contributed by atoms with van der Waals surface area (Å²) in [7, 11) is 0. The van der Waals surface area contributed by atoms with Gasteiger partial charge in [0.15, 0.2) is 0 Å². The molecule has 0 aromatic carbocycles. The third-order valence-corrected chi connectivity index (χ3v) is 3.01. The molecule has 0 aromatic rings. The van der Waals surface area contributed by atoms with E-state index in [2.05, 4.69) is 33.8 Å². The molecule has 1 aliphatic rings. The van der Waals surface area contributed by atoms with Crippen molar-refractivity contribution in [3.8, 4) is 0 Å². The zero-order chi connectivity index (χ0) is 7.72.